The third-order valence-corrected chi connectivity index (χ3v) is 3.58. The van der Waals surface area contributed by atoms with Gasteiger partial charge < -0.3 is 5.73 Å². The highest BCUT2D eigenvalue weighted by atomic mass is 32.1. The van der Waals surface area contributed by atoms with Crippen LogP contribution in [-0.2, 0) is 6.42 Å². The van der Waals surface area contributed by atoms with E-state index in [0.717, 1.165) is 29.2 Å². The molecule has 0 saturated carbocycles. The van der Waals surface area contributed by atoms with Crippen LogP contribution in [0.25, 0.3) is 16.3 Å². The monoisotopic (exact) mass is 259 g/mol. The molecular weight excluding hydrogens is 246 g/mol. The molecule has 0 bridgehead atoms. The summed E-state index contributed by atoms with van der Waals surface area (Å²) in [6, 6.07) is 4.18. The van der Waals surface area contributed by atoms with Gasteiger partial charge in [0, 0.05) is 6.20 Å². The van der Waals surface area contributed by atoms with Gasteiger partial charge in [0.05, 0.1) is 11.1 Å². The third-order valence-electron chi connectivity index (χ3n) is 2.76. The minimum absolute atomic E-state index is 0.546. The van der Waals surface area contributed by atoms with Crippen LogP contribution < -0.4 is 5.73 Å². The largest absolute Gasteiger partial charge is 0.375 e. The maximum Gasteiger partial charge on any atom is 0.180 e. The molecule has 2 N–H and O–H groups in total. The molecule has 5 nitrogen and oxygen atoms in total. The Bertz CT molecular complexity index is 685. The number of hydrogen-bond donors (Lipinski definition) is 1. The van der Waals surface area contributed by atoms with Gasteiger partial charge in [0.15, 0.2) is 16.6 Å². The number of rotatable bonds is 3. The van der Waals surface area contributed by atoms with Crippen LogP contribution in [-0.4, -0.2) is 19.6 Å². The van der Waals surface area contributed by atoms with Gasteiger partial charge in [0.1, 0.15) is 0 Å². The van der Waals surface area contributed by atoms with Gasteiger partial charge in [-0.2, -0.15) is 0 Å². The first-order valence-electron chi connectivity index (χ1n) is 5.83. The smallest absolute Gasteiger partial charge is 0.180 e. The molecule has 3 heterocycles. The lowest BCUT2D eigenvalue weighted by molar-refractivity contribution is 0.918. The Labute approximate surface area is 108 Å². The Balaban J connectivity index is 2.09. The second-order valence-corrected chi connectivity index (χ2v) is 5.16. The van der Waals surface area contributed by atoms with Crippen molar-refractivity contribution in [2.75, 3.05) is 5.73 Å². The first-order valence-corrected chi connectivity index (χ1v) is 6.65. The van der Waals surface area contributed by atoms with Crippen LogP contribution >= 0.6 is 11.3 Å². The average molecular weight is 259 g/mol. The van der Waals surface area contributed by atoms with Crippen molar-refractivity contribution >= 4 is 22.1 Å². The normalized spacial score (nSPS) is 11.2. The second-order valence-electron chi connectivity index (χ2n) is 4.10. The summed E-state index contributed by atoms with van der Waals surface area (Å²) in [4.78, 5) is 4.98. The summed E-state index contributed by atoms with van der Waals surface area (Å²) in [5, 5.41) is 8.95. The molecule has 0 saturated heterocycles. The first-order chi connectivity index (χ1) is 8.78. The van der Waals surface area contributed by atoms with Crippen molar-refractivity contribution in [1.29, 1.82) is 0 Å². The fourth-order valence-corrected chi connectivity index (χ4v) is 2.60. The van der Waals surface area contributed by atoms with Gasteiger partial charge in [-0.15, -0.1) is 10.2 Å². The number of nitrogens with zero attached hydrogens (tertiary/aromatic N) is 4. The van der Waals surface area contributed by atoms with Crippen molar-refractivity contribution in [2.24, 2.45) is 0 Å². The predicted molar refractivity (Wildman–Crippen MR) is 72.5 cm³/mol. The lowest BCUT2D eigenvalue weighted by atomic mass is 10.1. The van der Waals surface area contributed by atoms with E-state index in [1.807, 2.05) is 10.6 Å². The zero-order chi connectivity index (χ0) is 12.5. The molecule has 0 unspecified atom stereocenters. The van der Waals surface area contributed by atoms with Crippen molar-refractivity contribution in [3.63, 3.8) is 0 Å². The zero-order valence-electron chi connectivity index (χ0n) is 10.00. The number of aryl methyl sites for hydroxylation is 1. The fraction of sp³-hybridized carbons (Fsp3) is 0.250. The summed E-state index contributed by atoms with van der Waals surface area (Å²) in [6.45, 7) is 2.17. The summed E-state index contributed by atoms with van der Waals surface area (Å²) in [5.41, 5.74) is 7.79. The van der Waals surface area contributed by atoms with Crippen LogP contribution in [0.5, 0.6) is 0 Å². The van der Waals surface area contributed by atoms with Gasteiger partial charge in [-0.05, 0) is 24.1 Å². The lowest BCUT2D eigenvalue weighted by Gasteiger charge is -2.00. The molecule has 0 aliphatic heterocycles. The first kappa shape index (κ1) is 11.2. The minimum Gasteiger partial charge on any atom is -0.375 e. The van der Waals surface area contributed by atoms with E-state index >= 15 is 0 Å². The van der Waals surface area contributed by atoms with Crippen LogP contribution in [0.15, 0.2) is 24.5 Å². The Kier molecular flexibility index (Phi) is 2.71. The number of anilines is 1. The van der Waals surface area contributed by atoms with E-state index in [1.54, 1.807) is 6.20 Å². The summed E-state index contributed by atoms with van der Waals surface area (Å²) in [7, 11) is 0. The van der Waals surface area contributed by atoms with Crippen LogP contribution in [0.4, 0.5) is 5.13 Å². The topological polar surface area (TPSA) is 69.1 Å². The number of hydrogen-bond acceptors (Lipinski definition) is 5. The molecular formula is C12H13N5S. The summed E-state index contributed by atoms with van der Waals surface area (Å²) >= 11 is 1.42. The van der Waals surface area contributed by atoms with Crippen molar-refractivity contribution in [3.05, 3.63) is 30.1 Å². The highest BCUT2D eigenvalue weighted by Gasteiger charge is 2.10. The van der Waals surface area contributed by atoms with Crippen molar-refractivity contribution in [1.82, 2.24) is 19.6 Å². The lowest BCUT2D eigenvalue weighted by Crippen LogP contribution is -1.90. The molecule has 0 atom stereocenters. The Morgan fingerprint density at radius 2 is 2.28 bits per heavy atom. The van der Waals surface area contributed by atoms with Crippen LogP contribution in [0.1, 0.15) is 18.9 Å². The molecule has 3 aromatic heterocycles. The molecule has 0 aromatic carbocycles. The SMILES string of the molecule is CCCc1ccn2c(-c3cnc(N)s3)nnc2c1. The van der Waals surface area contributed by atoms with E-state index < -0.39 is 0 Å². The molecule has 18 heavy (non-hydrogen) atoms. The maximum absolute atomic E-state index is 5.64. The molecule has 0 amide bonds. The summed E-state index contributed by atoms with van der Waals surface area (Å²) < 4.78 is 1.96. The minimum atomic E-state index is 0.546. The van der Waals surface area contributed by atoms with Crippen LogP contribution in [0.3, 0.4) is 0 Å². The van der Waals surface area contributed by atoms with Crippen LogP contribution in [0, 0.1) is 0 Å². The second kappa shape index (κ2) is 4.38. The number of nitrogens with two attached hydrogens (primary N) is 1. The molecule has 0 spiro atoms. The quantitative estimate of drug-likeness (QED) is 0.784. The van der Waals surface area contributed by atoms with Gasteiger partial charge in [-0.1, -0.05) is 24.7 Å². The fourth-order valence-electron chi connectivity index (χ4n) is 1.94. The maximum atomic E-state index is 5.64. The Hall–Kier alpha value is -1.95. The van der Waals surface area contributed by atoms with Gasteiger partial charge in [-0.3, -0.25) is 4.40 Å². The van der Waals surface area contributed by atoms with Gasteiger partial charge in [0.2, 0.25) is 0 Å². The molecule has 3 aromatic rings. The van der Waals surface area contributed by atoms with Gasteiger partial charge in [-0.25, -0.2) is 4.98 Å². The molecule has 0 radical (unpaired) electrons. The van der Waals surface area contributed by atoms with Gasteiger partial charge >= 0.3 is 0 Å². The molecule has 92 valence electrons. The highest BCUT2D eigenvalue weighted by molar-refractivity contribution is 7.18. The van der Waals surface area contributed by atoms with E-state index in [-0.39, 0.29) is 0 Å². The molecule has 6 heteroatoms. The molecule has 0 fully saturated rings. The molecule has 0 aliphatic rings. The number of fused-ring (bicyclic) bond motifs is 1. The number of nitrogen functional groups attached to an aromatic ring is 1. The molecule has 0 aliphatic carbocycles. The predicted octanol–water partition coefficient (Wildman–Crippen LogP) is 2.39. The third kappa shape index (κ3) is 1.84. The van der Waals surface area contributed by atoms with Crippen molar-refractivity contribution < 1.29 is 0 Å². The molecule has 3 rings (SSSR count). The number of thiazole rings is 1. The van der Waals surface area contributed by atoms with Gasteiger partial charge in [0.25, 0.3) is 0 Å². The van der Waals surface area contributed by atoms with E-state index in [2.05, 4.69) is 34.2 Å². The van der Waals surface area contributed by atoms with Crippen LogP contribution in [0.2, 0.25) is 0 Å². The van der Waals surface area contributed by atoms with Crippen molar-refractivity contribution in [3.8, 4) is 10.7 Å². The zero-order valence-corrected chi connectivity index (χ0v) is 10.8. The standard InChI is InChI=1S/C12H13N5S/c1-2-3-8-4-5-17-10(6-8)15-16-11(17)9-7-14-12(13)18-9/h4-7H,2-3H2,1H3,(H2,13,14). The number of aromatic nitrogens is 4. The van der Waals surface area contributed by atoms with E-state index in [1.165, 1.54) is 16.9 Å². The van der Waals surface area contributed by atoms with E-state index in [9.17, 15) is 0 Å². The Morgan fingerprint density at radius 1 is 1.39 bits per heavy atom. The highest BCUT2D eigenvalue weighted by Crippen LogP contribution is 2.26. The van der Waals surface area contributed by atoms with Crippen molar-refractivity contribution in [2.45, 2.75) is 19.8 Å². The Morgan fingerprint density at radius 3 is 3.00 bits per heavy atom. The summed E-state index contributed by atoms with van der Waals surface area (Å²) in [6.07, 6.45) is 5.93. The van der Waals surface area contributed by atoms with E-state index in [4.69, 9.17) is 5.73 Å². The summed E-state index contributed by atoms with van der Waals surface area (Å²) in [5.74, 6) is 0.794. The average Bonchev–Trinajstić information content (AvgIpc) is 2.95. The van der Waals surface area contributed by atoms with E-state index in [0.29, 0.717) is 5.13 Å². The number of pyridine rings is 1.